The number of hydrazone groups is 1. The fourth-order valence-electron chi connectivity index (χ4n) is 2.17. The number of ether oxygens (including phenoxy) is 1. The predicted octanol–water partition coefficient (Wildman–Crippen LogP) is 3.11. The lowest BCUT2D eigenvalue weighted by molar-refractivity contribution is -0.116. The van der Waals surface area contributed by atoms with E-state index in [2.05, 4.69) is 22.3 Å². The topological polar surface area (TPSA) is 66.0 Å². The van der Waals surface area contributed by atoms with Crippen LogP contribution in [0.1, 0.15) is 19.8 Å². The second kappa shape index (κ2) is 12.0. The summed E-state index contributed by atoms with van der Waals surface area (Å²) in [5.74, 6) is 0.672. The van der Waals surface area contributed by atoms with E-state index in [0.29, 0.717) is 25.0 Å². The van der Waals surface area contributed by atoms with Crippen LogP contribution in [-0.4, -0.2) is 43.7 Å². The molecule has 1 heterocycles. The van der Waals surface area contributed by atoms with E-state index in [9.17, 15) is 4.79 Å². The minimum atomic E-state index is -0.157. The summed E-state index contributed by atoms with van der Waals surface area (Å²) in [5, 5.41) is 14.8. The quantitative estimate of drug-likeness (QED) is 0.503. The Morgan fingerprint density at radius 1 is 1.50 bits per heavy atom. The van der Waals surface area contributed by atoms with Crippen LogP contribution in [0.5, 0.6) is 0 Å². The molecule has 1 aliphatic heterocycles. The van der Waals surface area contributed by atoms with Gasteiger partial charge >= 0.3 is 0 Å². The van der Waals surface area contributed by atoms with Crippen molar-refractivity contribution in [2.45, 2.75) is 19.8 Å². The lowest BCUT2D eigenvalue weighted by Crippen LogP contribution is -2.18. The van der Waals surface area contributed by atoms with Crippen LogP contribution in [0.2, 0.25) is 0 Å². The number of amides is 1. The summed E-state index contributed by atoms with van der Waals surface area (Å²) in [5.41, 5.74) is 1.54. The van der Waals surface area contributed by atoms with Gasteiger partial charge < -0.3 is 15.4 Å². The van der Waals surface area contributed by atoms with Crippen molar-refractivity contribution in [3.63, 3.8) is 0 Å². The molecule has 0 radical (unpaired) electrons. The predicted molar refractivity (Wildman–Crippen MR) is 110 cm³/mol. The number of hydrogen-bond donors (Lipinski definition) is 2. The summed E-state index contributed by atoms with van der Waals surface area (Å²) in [7, 11) is 5.38. The van der Waals surface area contributed by atoms with E-state index in [1.165, 1.54) is 11.8 Å². The molecule has 142 valence electrons. The number of nitrogens with one attached hydrogen (secondary N) is 2. The van der Waals surface area contributed by atoms with Crippen LogP contribution in [0.4, 0.5) is 0 Å². The monoisotopic (exact) mass is 376 g/mol. The largest absolute Gasteiger partial charge is 0.499 e. The highest BCUT2D eigenvalue weighted by Gasteiger charge is 2.07. The van der Waals surface area contributed by atoms with E-state index in [1.54, 1.807) is 19.4 Å². The van der Waals surface area contributed by atoms with E-state index >= 15 is 0 Å². The zero-order valence-corrected chi connectivity index (χ0v) is 16.7. The summed E-state index contributed by atoms with van der Waals surface area (Å²) in [6, 6.07) is 0. The van der Waals surface area contributed by atoms with Crippen LogP contribution in [0.3, 0.4) is 0 Å². The minimum Gasteiger partial charge on any atom is -0.499 e. The highest BCUT2D eigenvalue weighted by molar-refractivity contribution is 8.16. The fourth-order valence-corrected chi connectivity index (χ4v) is 2.83. The van der Waals surface area contributed by atoms with E-state index in [4.69, 9.17) is 4.74 Å². The summed E-state index contributed by atoms with van der Waals surface area (Å²) < 4.78 is 5.36. The van der Waals surface area contributed by atoms with Gasteiger partial charge in [-0.15, -0.1) is 6.58 Å². The van der Waals surface area contributed by atoms with Crippen molar-refractivity contribution < 1.29 is 9.53 Å². The molecule has 1 aliphatic rings. The molecule has 0 aliphatic carbocycles. The molecule has 0 atom stereocenters. The number of nitrogens with zero attached hydrogens (tertiary/aromatic N) is 2. The van der Waals surface area contributed by atoms with Crippen LogP contribution in [0, 0.1) is 0 Å². The second-order valence-corrected chi connectivity index (χ2v) is 6.54. The van der Waals surface area contributed by atoms with Crippen molar-refractivity contribution in [3.8, 4) is 0 Å². The number of allylic oxidation sites excluding steroid dienone is 2. The van der Waals surface area contributed by atoms with Gasteiger partial charge in [-0.05, 0) is 12.3 Å². The van der Waals surface area contributed by atoms with Gasteiger partial charge in [-0.3, -0.25) is 9.80 Å². The number of rotatable bonds is 8. The van der Waals surface area contributed by atoms with Gasteiger partial charge in [-0.25, -0.2) is 0 Å². The van der Waals surface area contributed by atoms with Crippen LogP contribution < -0.4 is 10.6 Å². The number of hydrogen-bond acceptors (Lipinski definition) is 6. The first-order chi connectivity index (χ1) is 12.5. The molecule has 6 nitrogen and oxygen atoms in total. The number of likely N-dealkylation sites (N-methyl/N-ethyl adjacent to an activating group) is 1. The summed E-state index contributed by atoms with van der Waals surface area (Å²) in [4.78, 5) is 12.4. The van der Waals surface area contributed by atoms with Gasteiger partial charge in [0.25, 0.3) is 5.91 Å². The summed E-state index contributed by atoms with van der Waals surface area (Å²) in [6.07, 6.45) is 10.3. The normalized spacial score (nSPS) is 21.2. The molecule has 0 aromatic rings. The first-order valence-corrected chi connectivity index (χ1v) is 9.20. The molecular formula is C19H28N4O2S. The third-order valence-corrected chi connectivity index (χ3v) is 4.26. The lowest BCUT2D eigenvalue weighted by atomic mass is 10.2. The first-order valence-electron chi connectivity index (χ1n) is 8.32. The molecule has 0 aromatic heterocycles. The molecule has 0 aromatic carbocycles. The van der Waals surface area contributed by atoms with Gasteiger partial charge in [0.2, 0.25) is 0 Å². The maximum atomic E-state index is 12.4. The van der Waals surface area contributed by atoms with Crippen LogP contribution >= 0.6 is 11.8 Å². The Labute approximate surface area is 160 Å². The Morgan fingerprint density at radius 2 is 2.27 bits per heavy atom. The van der Waals surface area contributed by atoms with Crippen molar-refractivity contribution >= 4 is 22.7 Å². The Kier molecular flexibility index (Phi) is 10.0. The molecule has 2 N–H and O–H groups in total. The zero-order valence-electron chi connectivity index (χ0n) is 15.9. The molecule has 0 spiro atoms. The zero-order chi connectivity index (χ0) is 19.4. The van der Waals surface area contributed by atoms with Crippen LogP contribution in [-0.2, 0) is 9.53 Å². The maximum absolute atomic E-state index is 12.4. The molecule has 0 fully saturated rings. The molecule has 7 heteroatoms. The number of methoxy groups -OCH3 is 1. The maximum Gasteiger partial charge on any atom is 0.255 e. The Hall–Kier alpha value is -2.41. The number of thioether (sulfide) groups is 1. The minimum absolute atomic E-state index is 0.157. The molecule has 0 unspecified atom stereocenters. The summed E-state index contributed by atoms with van der Waals surface area (Å²) in [6.45, 7) is 6.29. The van der Waals surface area contributed by atoms with Crippen LogP contribution in [0.25, 0.3) is 0 Å². The van der Waals surface area contributed by atoms with Gasteiger partial charge in [0.1, 0.15) is 5.76 Å². The van der Waals surface area contributed by atoms with E-state index in [0.717, 1.165) is 16.5 Å². The molecule has 0 saturated carbocycles. The fraction of sp³-hybridized carbons (Fsp3) is 0.368. The lowest BCUT2D eigenvalue weighted by Gasteiger charge is -2.11. The average molecular weight is 377 g/mol. The highest BCUT2D eigenvalue weighted by atomic mass is 32.2. The third kappa shape index (κ3) is 7.65. The van der Waals surface area contributed by atoms with Gasteiger partial charge in [-0.1, -0.05) is 36.1 Å². The molecule has 1 rings (SSSR count). The van der Waals surface area contributed by atoms with Crippen molar-refractivity contribution in [1.29, 1.82) is 0 Å². The molecule has 0 saturated heterocycles. The molecule has 1 amide bonds. The van der Waals surface area contributed by atoms with Gasteiger partial charge in [0.05, 0.1) is 24.4 Å². The average Bonchev–Trinajstić information content (AvgIpc) is 2.70. The highest BCUT2D eigenvalue weighted by Crippen LogP contribution is 2.14. The van der Waals surface area contributed by atoms with Gasteiger partial charge in [0.15, 0.2) is 0 Å². The first kappa shape index (κ1) is 21.6. The van der Waals surface area contributed by atoms with Crippen molar-refractivity contribution in [3.05, 3.63) is 59.5 Å². The SMILES string of the molecule is C=CC/C(OC)=C(\C/C=C/NC(=O)C1=C/S/C(C)=N\N(C)C/C=C\1)NC. The van der Waals surface area contributed by atoms with E-state index in [1.807, 2.05) is 49.7 Å². The summed E-state index contributed by atoms with van der Waals surface area (Å²) >= 11 is 1.43. The van der Waals surface area contributed by atoms with Crippen LogP contribution in [0.15, 0.2) is 64.6 Å². The smallest absolute Gasteiger partial charge is 0.255 e. The van der Waals surface area contributed by atoms with Gasteiger partial charge in [0, 0.05) is 38.7 Å². The standard InChI is InChI=1S/C19H28N4O2S/c1-6-9-18(25-5)17(20-3)11-7-12-21-19(24)16-10-8-13-23(4)22-15(2)26-14-16/h6-8,10,12,14,20H,1,9,11,13H2,2-5H3,(H,21,24)/b10-8-,12-7+,16-14+,18-17-,22-15-. The molecule has 0 bridgehead atoms. The molecular weight excluding hydrogens is 348 g/mol. The third-order valence-electron chi connectivity index (χ3n) is 3.47. The van der Waals surface area contributed by atoms with Crippen molar-refractivity contribution in [2.24, 2.45) is 5.10 Å². The Balaban J connectivity index is 2.69. The van der Waals surface area contributed by atoms with Gasteiger partial charge in [-0.2, -0.15) is 5.10 Å². The Morgan fingerprint density at radius 3 is 2.92 bits per heavy atom. The van der Waals surface area contributed by atoms with E-state index in [-0.39, 0.29) is 5.91 Å². The number of carbonyl (C=O) groups is 1. The Bertz CT molecular complexity index is 648. The second-order valence-electron chi connectivity index (χ2n) is 5.48. The van der Waals surface area contributed by atoms with Crippen molar-refractivity contribution in [1.82, 2.24) is 15.6 Å². The van der Waals surface area contributed by atoms with Crippen molar-refractivity contribution in [2.75, 3.05) is 27.7 Å². The molecule has 26 heavy (non-hydrogen) atoms. The van der Waals surface area contributed by atoms with E-state index < -0.39 is 0 Å². The number of carbonyl (C=O) groups excluding carboxylic acids is 1.